The lowest BCUT2D eigenvalue weighted by Crippen LogP contribution is -2.04. The average molecular weight is 200 g/mol. The van der Waals surface area contributed by atoms with E-state index in [1.165, 1.54) is 32.1 Å². The monoisotopic (exact) mass is 200 g/mol. The zero-order valence-corrected chi connectivity index (χ0v) is 8.70. The Labute approximate surface area is 89.3 Å². The number of fused-ring (bicyclic) bond motifs is 1. The Bertz CT molecular complexity index is 421. The first-order valence-electron chi connectivity index (χ1n) is 5.70. The maximum Gasteiger partial charge on any atom is 0.198 e. The Balaban J connectivity index is 1.96. The third kappa shape index (κ3) is 1.65. The van der Waals surface area contributed by atoms with Crippen molar-refractivity contribution < 1.29 is 4.42 Å². The van der Waals surface area contributed by atoms with Crippen LogP contribution in [0.5, 0.6) is 0 Å². The molecule has 0 bridgehead atoms. The molecule has 1 aromatic heterocycles. The van der Waals surface area contributed by atoms with Crippen molar-refractivity contribution in [2.24, 2.45) is 0 Å². The minimum absolute atomic E-state index is 0.547. The third-order valence-corrected chi connectivity index (χ3v) is 3.20. The van der Waals surface area contributed by atoms with Crippen LogP contribution >= 0.6 is 0 Å². The highest BCUT2D eigenvalue weighted by Gasteiger charge is 2.20. The molecule has 77 valence electrons. The number of aromatic nitrogens is 1. The summed E-state index contributed by atoms with van der Waals surface area (Å²) in [4.78, 5) is 4.55. The molecular weight excluding hydrogens is 186 g/mol. The quantitative estimate of drug-likeness (QED) is 0.701. The maximum atomic E-state index is 5.77. The molecule has 1 heterocycles. The largest absolute Gasteiger partial charge is 0.440 e. The van der Waals surface area contributed by atoms with Crippen molar-refractivity contribution in [2.75, 3.05) is 0 Å². The van der Waals surface area contributed by atoms with Gasteiger partial charge in [0.2, 0.25) is 0 Å². The summed E-state index contributed by atoms with van der Waals surface area (Å²) in [5, 5.41) is 0. The normalized spacial score (nSPS) is 18.4. The standard InChI is InChI=1S/C13H14NO/c1-2-6-10(7-3-1)13-14-11-8-4-5-9-12(11)15-13/h4,8-10H,1-3,6-7H2. The molecule has 0 unspecified atom stereocenters. The number of hydrogen-bond acceptors (Lipinski definition) is 2. The summed E-state index contributed by atoms with van der Waals surface area (Å²) in [6, 6.07) is 8.74. The summed E-state index contributed by atoms with van der Waals surface area (Å²) in [6.07, 6.45) is 6.46. The van der Waals surface area contributed by atoms with Crippen molar-refractivity contribution in [1.82, 2.24) is 4.98 Å². The zero-order valence-electron chi connectivity index (χ0n) is 8.70. The van der Waals surface area contributed by atoms with Crippen molar-refractivity contribution in [3.63, 3.8) is 0 Å². The minimum Gasteiger partial charge on any atom is -0.440 e. The highest BCUT2D eigenvalue weighted by molar-refractivity contribution is 5.71. The van der Waals surface area contributed by atoms with Crippen LogP contribution in [0.4, 0.5) is 0 Å². The molecule has 0 spiro atoms. The Kier molecular flexibility index (Phi) is 2.20. The predicted octanol–water partition coefficient (Wildman–Crippen LogP) is 3.68. The highest BCUT2D eigenvalue weighted by atomic mass is 16.3. The first-order valence-corrected chi connectivity index (χ1v) is 5.70. The van der Waals surface area contributed by atoms with Gasteiger partial charge in [-0.15, -0.1) is 0 Å². The van der Waals surface area contributed by atoms with Crippen LogP contribution < -0.4 is 0 Å². The second-order valence-corrected chi connectivity index (χ2v) is 4.28. The first-order chi connectivity index (χ1) is 7.43. The SMILES string of the molecule is [c]1ccc2nc(C3CCCCC3)oc2c1. The molecule has 1 saturated carbocycles. The van der Waals surface area contributed by atoms with Crippen molar-refractivity contribution in [1.29, 1.82) is 0 Å². The number of oxazole rings is 1. The lowest BCUT2D eigenvalue weighted by molar-refractivity contribution is 0.373. The van der Waals surface area contributed by atoms with Gasteiger partial charge in [0.25, 0.3) is 0 Å². The Morgan fingerprint density at radius 3 is 2.93 bits per heavy atom. The second-order valence-electron chi connectivity index (χ2n) is 4.28. The van der Waals surface area contributed by atoms with E-state index in [-0.39, 0.29) is 0 Å². The van der Waals surface area contributed by atoms with Gasteiger partial charge in [-0.2, -0.15) is 0 Å². The Morgan fingerprint density at radius 1 is 1.27 bits per heavy atom. The number of hydrogen-bond donors (Lipinski definition) is 0. The van der Waals surface area contributed by atoms with Gasteiger partial charge in [-0.3, -0.25) is 0 Å². The van der Waals surface area contributed by atoms with Gasteiger partial charge in [0.15, 0.2) is 11.5 Å². The molecule has 0 amide bonds. The van der Waals surface area contributed by atoms with Crippen LogP contribution in [0, 0.1) is 6.07 Å². The lowest BCUT2D eigenvalue weighted by Gasteiger charge is -2.17. The fraction of sp³-hybridized carbons (Fsp3) is 0.462. The number of rotatable bonds is 1. The molecule has 0 aliphatic heterocycles. The number of nitrogens with zero attached hydrogens (tertiary/aromatic N) is 1. The van der Waals surface area contributed by atoms with Gasteiger partial charge < -0.3 is 4.42 Å². The molecule has 0 N–H and O–H groups in total. The zero-order chi connectivity index (χ0) is 10.1. The summed E-state index contributed by atoms with van der Waals surface area (Å²) >= 11 is 0. The molecule has 15 heavy (non-hydrogen) atoms. The van der Waals surface area contributed by atoms with Crippen LogP contribution in [0.25, 0.3) is 11.1 Å². The first kappa shape index (κ1) is 8.96. The molecule has 2 aromatic rings. The van der Waals surface area contributed by atoms with Crippen LogP contribution in [-0.2, 0) is 0 Å². The second kappa shape index (κ2) is 3.69. The summed E-state index contributed by atoms with van der Waals surface area (Å²) in [7, 11) is 0. The van der Waals surface area contributed by atoms with Crippen molar-refractivity contribution in [3.05, 3.63) is 30.2 Å². The van der Waals surface area contributed by atoms with Crippen LogP contribution in [0.1, 0.15) is 43.9 Å². The van der Waals surface area contributed by atoms with E-state index in [2.05, 4.69) is 11.1 Å². The van der Waals surface area contributed by atoms with Crippen molar-refractivity contribution in [2.45, 2.75) is 38.0 Å². The summed E-state index contributed by atoms with van der Waals surface area (Å²) < 4.78 is 5.77. The van der Waals surface area contributed by atoms with E-state index in [0.717, 1.165) is 17.0 Å². The van der Waals surface area contributed by atoms with E-state index in [9.17, 15) is 0 Å². The fourth-order valence-corrected chi connectivity index (χ4v) is 2.36. The third-order valence-electron chi connectivity index (χ3n) is 3.20. The van der Waals surface area contributed by atoms with E-state index >= 15 is 0 Å². The maximum absolute atomic E-state index is 5.77. The molecule has 0 atom stereocenters. The molecule has 0 saturated heterocycles. The fourth-order valence-electron chi connectivity index (χ4n) is 2.36. The van der Waals surface area contributed by atoms with E-state index in [1.54, 1.807) is 0 Å². The summed E-state index contributed by atoms with van der Waals surface area (Å²) in [5.74, 6) is 1.48. The lowest BCUT2D eigenvalue weighted by atomic mass is 9.89. The van der Waals surface area contributed by atoms with Gasteiger partial charge in [0.1, 0.15) is 5.52 Å². The van der Waals surface area contributed by atoms with E-state index in [4.69, 9.17) is 4.42 Å². The molecule has 2 nitrogen and oxygen atoms in total. The number of benzene rings is 1. The Hall–Kier alpha value is -1.31. The van der Waals surface area contributed by atoms with E-state index in [1.807, 2.05) is 18.2 Å². The molecule has 1 radical (unpaired) electrons. The van der Waals surface area contributed by atoms with E-state index < -0.39 is 0 Å². The van der Waals surface area contributed by atoms with Crippen molar-refractivity contribution in [3.8, 4) is 0 Å². The van der Waals surface area contributed by atoms with Gasteiger partial charge >= 0.3 is 0 Å². The summed E-state index contributed by atoms with van der Waals surface area (Å²) in [6.45, 7) is 0. The van der Waals surface area contributed by atoms with Crippen LogP contribution in [-0.4, -0.2) is 4.98 Å². The highest BCUT2D eigenvalue weighted by Crippen LogP contribution is 2.33. The molecule has 1 aliphatic carbocycles. The van der Waals surface area contributed by atoms with Gasteiger partial charge in [-0.25, -0.2) is 4.98 Å². The van der Waals surface area contributed by atoms with Crippen LogP contribution in [0.3, 0.4) is 0 Å². The van der Waals surface area contributed by atoms with E-state index in [0.29, 0.717) is 5.92 Å². The molecule has 1 aliphatic rings. The van der Waals surface area contributed by atoms with Crippen LogP contribution in [0.2, 0.25) is 0 Å². The average Bonchev–Trinajstić information content (AvgIpc) is 2.74. The summed E-state index contributed by atoms with van der Waals surface area (Å²) in [5.41, 5.74) is 1.84. The Morgan fingerprint density at radius 2 is 2.13 bits per heavy atom. The molecule has 1 aromatic carbocycles. The van der Waals surface area contributed by atoms with Gasteiger partial charge in [0, 0.05) is 5.92 Å². The molecule has 1 fully saturated rings. The molecular formula is C13H14NO. The molecule has 2 heteroatoms. The predicted molar refractivity (Wildman–Crippen MR) is 58.7 cm³/mol. The molecule has 3 rings (SSSR count). The van der Waals surface area contributed by atoms with Crippen molar-refractivity contribution >= 4 is 11.1 Å². The smallest absolute Gasteiger partial charge is 0.198 e. The van der Waals surface area contributed by atoms with Crippen LogP contribution in [0.15, 0.2) is 22.6 Å². The topological polar surface area (TPSA) is 26.0 Å². The van der Waals surface area contributed by atoms with Gasteiger partial charge in [0.05, 0.1) is 0 Å². The van der Waals surface area contributed by atoms with Gasteiger partial charge in [-0.05, 0) is 31.0 Å². The minimum atomic E-state index is 0.547. The van der Waals surface area contributed by atoms with Gasteiger partial charge in [-0.1, -0.05) is 25.3 Å².